The maximum absolute atomic E-state index is 5.75. The second-order valence-corrected chi connectivity index (χ2v) is 6.38. The van der Waals surface area contributed by atoms with E-state index in [1.807, 2.05) is 0 Å². The van der Waals surface area contributed by atoms with Crippen molar-refractivity contribution in [1.29, 1.82) is 0 Å². The molecule has 1 aliphatic heterocycles. The summed E-state index contributed by atoms with van der Waals surface area (Å²) >= 11 is 0. The lowest BCUT2D eigenvalue weighted by molar-refractivity contribution is 0.0842. The van der Waals surface area contributed by atoms with E-state index in [1.165, 1.54) is 5.57 Å². The van der Waals surface area contributed by atoms with Gasteiger partial charge in [-0.1, -0.05) is 45.9 Å². The zero-order valence-electron chi connectivity index (χ0n) is 11.6. The van der Waals surface area contributed by atoms with Gasteiger partial charge in [-0.05, 0) is 18.5 Å². The van der Waals surface area contributed by atoms with E-state index in [9.17, 15) is 0 Å². The van der Waals surface area contributed by atoms with Crippen molar-refractivity contribution in [1.82, 2.24) is 4.90 Å². The van der Waals surface area contributed by atoms with Crippen LogP contribution in [0.1, 0.15) is 27.7 Å². The van der Waals surface area contributed by atoms with E-state index in [0.717, 1.165) is 12.3 Å². The summed E-state index contributed by atoms with van der Waals surface area (Å²) in [5, 5.41) is 0. The summed E-state index contributed by atoms with van der Waals surface area (Å²) in [6, 6.07) is 0. The Hall–Kier alpha value is -1.02. The molecule has 1 atom stereocenters. The molecular formula is C15H23NO. The Bertz CT molecular complexity index is 398. The zero-order chi connectivity index (χ0) is 12.7. The highest BCUT2D eigenvalue weighted by molar-refractivity contribution is 5.38. The summed E-state index contributed by atoms with van der Waals surface area (Å²) in [5.41, 5.74) is 1.57. The van der Waals surface area contributed by atoms with Crippen LogP contribution in [0.4, 0.5) is 0 Å². The molecule has 1 aliphatic carbocycles. The monoisotopic (exact) mass is 233 g/mol. The van der Waals surface area contributed by atoms with Gasteiger partial charge in [-0.25, -0.2) is 0 Å². The van der Waals surface area contributed by atoms with Gasteiger partial charge in [0.25, 0.3) is 0 Å². The molecule has 0 fully saturated rings. The fraction of sp³-hybridized carbons (Fsp3) is 0.600. The predicted molar refractivity (Wildman–Crippen MR) is 71.5 cm³/mol. The largest absolute Gasteiger partial charge is 0.478 e. The normalized spacial score (nSPS) is 29.9. The molecule has 0 aromatic rings. The van der Waals surface area contributed by atoms with Gasteiger partial charge in [-0.3, -0.25) is 4.90 Å². The fourth-order valence-electron chi connectivity index (χ4n) is 2.05. The minimum absolute atomic E-state index is 0.0757. The first-order valence-electron chi connectivity index (χ1n) is 6.25. The van der Waals surface area contributed by atoms with Crippen LogP contribution < -0.4 is 0 Å². The van der Waals surface area contributed by atoms with Gasteiger partial charge in [0.2, 0.25) is 0 Å². The Morgan fingerprint density at radius 1 is 1.24 bits per heavy atom. The molecule has 0 radical (unpaired) electrons. The first-order valence-corrected chi connectivity index (χ1v) is 6.25. The number of rotatable bonds is 0. The summed E-state index contributed by atoms with van der Waals surface area (Å²) in [4.78, 5) is 2.18. The van der Waals surface area contributed by atoms with Crippen molar-refractivity contribution in [2.75, 3.05) is 20.3 Å². The zero-order valence-corrected chi connectivity index (χ0v) is 11.6. The summed E-state index contributed by atoms with van der Waals surface area (Å²) in [6.07, 6.45) is 8.97. The molecule has 2 aliphatic rings. The quantitative estimate of drug-likeness (QED) is 0.636. The van der Waals surface area contributed by atoms with Gasteiger partial charge in [0, 0.05) is 17.5 Å². The molecule has 94 valence electrons. The van der Waals surface area contributed by atoms with Crippen LogP contribution in [-0.2, 0) is 4.74 Å². The second kappa shape index (κ2) is 4.02. The van der Waals surface area contributed by atoms with Gasteiger partial charge in [0.15, 0.2) is 0 Å². The lowest BCUT2D eigenvalue weighted by atomic mass is 9.68. The van der Waals surface area contributed by atoms with Crippen LogP contribution in [0.15, 0.2) is 35.6 Å². The Kier molecular flexibility index (Phi) is 2.94. The smallest absolute Gasteiger partial charge is 0.142 e. The van der Waals surface area contributed by atoms with E-state index in [0.29, 0.717) is 6.73 Å². The molecule has 2 nitrogen and oxygen atoms in total. The molecule has 2 rings (SSSR count). The average molecular weight is 233 g/mol. The third-order valence-corrected chi connectivity index (χ3v) is 4.02. The van der Waals surface area contributed by atoms with Gasteiger partial charge in [0.1, 0.15) is 12.5 Å². The minimum Gasteiger partial charge on any atom is -0.478 e. The molecule has 0 aromatic carbocycles. The van der Waals surface area contributed by atoms with Crippen molar-refractivity contribution in [2.24, 2.45) is 10.8 Å². The summed E-state index contributed by atoms with van der Waals surface area (Å²) < 4.78 is 5.75. The molecular weight excluding hydrogens is 210 g/mol. The average Bonchev–Trinajstić information content (AvgIpc) is 2.39. The number of likely N-dealkylation sites (N-methyl/N-ethyl adjacent to an activating group) is 1. The van der Waals surface area contributed by atoms with Gasteiger partial charge < -0.3 is 4.74 Å². The Labute approximate surface area is 105 Å². The van der Waals surface area contributed by atoms with Crippen LogP contribution >= 0.6 is 0 Å². The number of ether oxygens (including phenoxy) is 1. The highest BCUT2D eigenvalue weighted by Gasteiger charge is 2.34. The molecule has 0 spiro atoms. The summed E-state index contributed by atoms with van der Waals surface area (Å²) in [5.74, 6) is 1.03. The van der Waals surface area contributed by atoms with Crippen LogP contribution in [0.25, 0.3) is 0 Å². The van der Waals surface area contributed by atoms with Crippen LogP contribution in [0.2, 0.25) is 0 Å². The van der Waals surface area contributed by atoms with Gasteiger partial charge in [-0.2, -0.15) is 0 Å². The van der Waals surface area contributed by atoms with Crippen molar-refractivity contribution < 1.29 is 4.74 Å². The lowest BCUT2D eigenvalue weighted by Gasteiger charge is -2.37. The Morgan fingerprint density at radius 2 is 1.88 bits per heavy atom. The van der Waals surface area contributed by atoms with E-state index in [4.69, 9.17) is 4.74 Å². The van der Waals surface area contributed by atoms with E-state index < -0.39 is 0 Å². The molecule has 17 heavy (non-hydrogen) atoms. The molecule has 0 bridgehead atoms. The fourth-order valence-corrected chi connectivity index (χ4v) is 2.05. The van der Waals surface area contributed by atoms with Crippen LogP contribution in [-0.4, -0.2) is 25.2 Å². The summed E-state index contributed by atoms with van der Waals surface area (Å²) in [7, 11) is 2.08. The standard InChI is InChI=1S/C15H23NO/c1-14(2,3)15(4)8-6-12-10-16(5)11-17-13(12)7-9-15/h6-9H,10-11H2,1-5H3. The molecule has 0 amide bonds. The van der Waals surface area contributed by atoms with Crippen molar-refractivity contribution >= 4 is 0 Å². The number of hydrogen-bond acceptors (Lipinski definition) is 2. The maximum Gasteiger partial charge on any atom is 0.142 e. The molecule has 1 unspecified atom stereocenters. The second-order valence-electron chi connectivity index (χ2n) is 6.38. The highest BCUT2D eigenvalue weighted by Crippen LogP contribution is 2.43. The first-order chi connectivity index (χ1) is 7.82. The Balaban J connectivity index is 2.33. The van der Waals surface area contributed by atoms with Crippen molar-refractivity contribution in [2.45, 2.75) is 27.7 Å². The topological polar surface area (TPSA) is 12.5 Å². The van der Waals surface area contributed by atoms with Crippen LogP contribution in [0.5, 0.6) is 0 Å². The minimum atomic E-state index is 0.0757. The number of hydrogen-bond donors (Lipinski definition) is 0. The van der Waals surface area contributed by atoms with Crippen molar-refractivity contribution in [3.8, 4) is 0 Å². The molecule has 0 N–H and O–H groups in total. The van der Waals surface area contributed by atoms with E-state index in [1.54, 1.807) is 0 Å². The SMILES string of the molecule is CN1COC2=C(C=CC(C)(C(C)(C)C)C=C2)C1. The lowest BCUT2D eigenvalue weighted by Crippen LogP contribution is -2.28. The van der Waals surface area contributed by atoms with Crippen LogP contribution in [0.3, 0.4) is 0 Å². The van der Waals surface area contributed by atoms with E-state index in [-0.39, 0.29) is 10.8 Å². The van der Waals surface area contributed by atoms with Crippen molar-refractivity contribution in [3.63, 3.8) is 0 Å². The number of nitrogens with zero attached hydrogens (tertiary/aromatic N) is 1. The maximum atomic E-state index is 5.75. The molecule has 0 saturated heterocycles. The highest BCUT2D eigenvalue weighted by atomic mass is 16.5. The first kappa shape index (κ1) is 12.4. The molecule has 1 heterocycles. The third-order valence-electron chi connectivity index (χ3n) is 4.02. The predicted octanol–water partition coefficient (Wildman–Crippen LogP) is 3.34. The van der Waals surface area contributed by atoms with Crippen LogP contribution in [0, 0.1) is 10.8 Å². The summed E-state index contributed by atoms with van der Waals surface area (Å²) in [6.45, 7) is 10.8. The molecule has 2 heteroatoms. The van der Waals surface area contributed by atoms with E-state index in [2.05, 4.69) is 63.9 Å². The molecule has 0 saturated carbocycles. The van der Waals surface area contributed by atoms with Gasteiger partial charge in [-0.15, -0.1) is 0 Å². The van der Waals surface area contributed by atoms with E-state index >= 15 is 0 Å². The Morgan fingerprint density at radius 3 is 2.53 bits per heavy atom. The molecule has 0 aromatic heterocycles. The number of allylic oxidation sites excluding steroid dienone is 3. The van der Waals surface area contributed by atoms with Gasteiger partial charge >= 0.3 is 0 Å². The third kappa shape index (κ3) is 2.32. The van der Waals surface area contributed by atoms with Crippen molar-refractivity contribution in [3.05, 3.63) is 35.6 Å². The van der Waals surface area contributed by atoms with Gasteiger partial charge in [0.05, 0.1) is 0 Å².